The Kier molecular flexibility index (Phi) is 5.90. The molecule has 0 spiro atoms. The molecule has 170 valence electrons. The van der Waals surface area contributed by atoms with Gasteiger partial charge >= 0.3 is 0 Å². The summed E-state index contributed by atoms with van der Waals surface area (Å²) < 4.78 is 1.79. The number of hydrogen-bond acceptors (Lipinski definition) is 6. The number of amides is 2. The van der Waals surface area contributed by atoms with Gasteiger partial charge in [-0.05, 0) is 38.0 Å². The third-order valence-electron chi connectivity index (χ3n) is 5.67. The zero-order chi connectivity index (χ0) is 23.3. The molecule has 1 aromatic carbocycles. The molecule has 4 aromatic rings. The standard InChI is InChI=1S/C22H19Cl2N5O2S2/c1-11-18(29-7-8-32-22(29)26-11)20(30)25-10-14-5-6-28(14)21(31)17-19(33-12(2)27-17)13-3-4-15(23)16(24)9-13/h3-4,7-9,14H,5-6,10H2,1-2H3,(H,25,30). The zero-order valence-electron chi connectivity index (χ0n) is 17.8. The lowest BCUT2D eigenvalue weighted by atomic mass is 10.0. The minimum atomic E-state index is -0.196. The molecule has 1 unspecified atom stereocenters. The van der Waals surface area contributed by atoms with Crippen molar-refractivity contribution in [3.63, 3.8) is 0 Å². The minimum absolute atomic E-state index is 0.0868. The van der Waals surface area contributed by atoms with Gasteiger partial charge in [0.25, 0.3) is 11.8 Å². The Morgan fingerprint density at radius 3 is 2.76 bits per heavy atom. The summed E-state index contributed by atoms with van der Waals surface area (Å²) in [6.07, 6.45) is 2.65. The normalized spacial score (nSPS) is 15.6. The Morgan fingerprint density at radius 2 is 2.03 bits per heavy atom. The molecule has 0 bridgehead atoms. The molecule has 0 aliphatic carbocycles. The van der Waals surface area contributed by atoms with E-state index in [4.69, 9.17) is 23.2 Å². The van der Waals surface area contributed by atoms with Gasteiger partial charge in [-0.1, -0.05) is 29.3 Å². The first-order chi connectivity index (χ1) is 15.8. The zero-order valence-corrected chi connectivity index (χ0v) is 20.9. The fourth-order valence-electron chi connectivity index (χ4n) is 3.92. The van der Waals surface area contributed by atoms with Gasteiger partial charge in [-0.3, -0.25) is 14.0 Å². The third-order valence-corrected chi connectivity index (χ3v) is 8.19. The lowest BCUT2D eigenvalue weighted by Gasteiger charge is -2.40. The molecule has 0 radical (unpaired) electrons. The van der Waals surface area contributed by atoms with E-state index in [1.807, 2.05) is 31.5 Å². The summed E-state index contributed by atoms with van der Waals surface area (Å²) in [7, 11) is 0. The van der Waals surface area contributed by atoms with Crippen molar-refractivity contribution >= 4 is 62.7 Å². The second kappa shape index (κ2) is 8.72. The van der Waals surface area contributed by atoms with Gasteiger partial charge in [-0.2, -0.15) is 0 Å². The van der Waals surface area contributed by atoms with Gasteiger partial charge in [0.15, 0.2) is 4.96 Å². The summed E-state index contributed by atoms with van der Waals surface area (Å²) >= 11 is 15.2. The van der Waals surface area contributed by atoms with E-state index < -0.39 is 0 Å². The molecule has 11 heteroatoms. The lowest BCUT2D eigenvalue weighted by molar-refractivity contribution is 0.0451. The van der Waals surface area contributed by atoms with E-state index >= 15 is 0 Å². The predicted molar refractivity (Wildman–Crippen MR) is 132 cm³/mol. The first kappa shape index (κ1) is 22.3. The van der Waals surface area contributed by atoms with Crippen LogP contribution >= 0.6 is 45.9 Å². The van der Waals surface area contributed by atoms with Crippen LogP contribution < -0.4 is 5.32 Å². The number of hydrogen-bond donors (Lipinski definition) is 1. The summed E-state index contributed by atoms with van der Waals surface area (Å²) in [4.78, 5) is 38.4. The number of benzene rings is 1. The number of carbonyl (C=O) groups is 2. The van der Waals surface area contributed by atoms with E-state index in [-0.39, 0.29) is 17.9 Å². The van der Waals surface area contributed by atoms with Gasteiger partial charge in [0.05, 0.1) is 31.7 Å². The average Bonchev–Trinajstić information content (AvgIpc) is 3.43. The maximum atomic E-state index is 13.3. The van der Waals surface area contributed by atoms with Crippen LogP contribution in [-0.4, -0.2) is 50.2 Å². The largest absolute Gasteiger partial charge is 0.349 e. The molecule has 5 rings (SSSR count). The number of aryl methyl sites for hydroxylation is 2. The van der Waals surface area contributed by atoms with Gasteiger partial charge in [-0.15, -0.1) is 22.7 Å². The smallest absolute Gasteiger partial charge is 0.274 e. The van der Waals surface area contributed by atoms with Crippen molar-refractivity contribution in [1.82, 2.24) is 24.6 Å². The van der Waals surface area contributed by atoms with E-state index in [2.05, 4.69) is 15.3 Å². The number of nitrogens with one attached hydrogen (secondary N) is 1. The van der Waals surface area contributed by atoms with Gasteiger partial charge in [0.2, 0.25) is 0 Å². The third kappa shape index (κ3) is 4.03. The number of halogens is 2. The van der Waals surface area contributed by atoms with Crippen molar-refractivity contribution in [3.8, 4) is 10.4 Å². The summed E-state index contributed by atoms with van der Waals surface area (Å²) in [5.41, 5.74) is 2.42. The van der Waals surface area contributed by atoms with Crippen LogP contribution in [0, 0.1) is 13.8 Å². The molecule has 1 atom stereocenters. The van der Waals surface area contributed by atoms with Crippen molar-refractivity contribution < 1.29 is 9.59 Å². The van der Waals surface area contributed by atoms with E-state index in [0.29, 0.717) is 40.2 Å². The molecule has 33 heavy (non-hydrogen) atoms. The number of fused-ring (bicyclic) bond motifs is 1. The van der Waals surface area contributed by atoms with Crippen LogP contribution in [0.5, 0.6) is 0 Å². The molecule has 0 saturated carbocycles. The van der Waals surface area contributed by atoms with Crippen LogP contribution in [0.15, 0.2) is 29.8 Å². The molecular formula is C22H19Cl2N5O2S2. The summed E-state index contributed by atoms with van der Waals surface area (Å²) in [5, 5.41) is 6.55. The minimum Gasteiger partial charge on any atom is -0.349 e. The monoisotopic (exact) mass is 519 g/mol. The van der Waals surface area contributed by atoms with Crippen molar-refractivity contribution in [2.45, 2.75) is 26.3 Å². The van der Waals surface area contributed by atoms with Gasteiger partial charge in [-0.25, -0.2) is 9.97 Å². The van der Waals surface area contributed by atoms with E-state index in [9.17, 15) is 9.59 Å². The number of carbonyl (C=O) groups excluding carboxylic acids is 2. The summed E-state index contributed by atoms with van der Waals surface area (Å²) in [6.45, 7) is 4.68. The maximum absolute atomic E-state index is 13.3. The Balaban J connectivity index is 1.31. The van der Waals surface area contributed by atoms with Crippen LogP contribution in [0.25, 0.3) is 15.4 Å². The molecule has 7 nitrogen and oxygen atoms in total. The fraction of sp³-hybridized carbons (Fsp3) is 0.273. The topological polar surface area (TPSA) is 79.6 Å². The van der Waals surface area contributed by atoms with E-state index in [1.165, 1.54) is 22.7 Å². The summed E-state index contributed by atoms with van der Waals surface area (Å²) in [6, 6.07) is 5.22. The van der Waals surface area contributed by atoms with Gasteiger partial charge < -0.3 is 10.2 Å². The van der Waals surface area contributed by atoms with Crippen LogP contribution in [0.1, 0.15) is 38.1 Å². The molecule has 1 aliphatic heterocycles. The highest BCUT2D eigenvalue weighted by Gasteiger charge is 2.35. The van der Waals surface area contributed by atoms with Crippen molar-refractivity contribution in [2.24, 2.45) is 0 Å². The van der Waals surface area contributed by atoms with Gasteiger partial charge in [0, 0.05) is 24.7 Å². The van der Waals surface area contributed by atoms with Crippen LogP contribution in [0.2, 0.25) is 10.0 Å². The fourth-order valence-corrected chi connectivity index (χ4v) is 5.89. The Labute approximate surface area is 208 Å². The number of aromatic nitrogens is 3. The van der Waals surface area contributed by atoms with Crippen LogP contribution in [0.4, 0.5) is 0 Å². The molecule has 1 N–H and O–H groups in total. The first-order valence-corrected chi connectivity index (χ1v) is 12.7. The van der Waals surface area contributed by atoms with E-state index in [1.54, 1.807) is 21.4 Å². The van der Waals surface area contributed by atoms with Crippen LogP contribution in [-0.2, 0) is 0 Å². The quantitative estimate of drug-likeness (QED) is 0.398. The first-order valence-electron chi connectivity index (χ1n) is 10.3. The second-order valence-corrected chi connectivity index (χ2v) is 10.7. The number of likely N-dealkylation sites (tertiary alicyclic amines) is 1. The highest BCUT2D eigenvalue weighted by molar-refractivity contribution is 7.15. The second-order valence-electron chi connectivity index (χ2n) is 7.79. The number of nitrogens with zero attached hydrogens (tertiary/aromatic N) is 4. The predicted octanol–water partition coefficient (Wildman–Crippen LogP) is 5.09. The van der Waals surface area contributed by atoms with Crippen LogP contribution in [0.3, 0.4) is 0 Å². The Morgan fingerprint density at radius 1 is 1.21 bits per heavy atom. The molecule has 1 fully saturated rings. The van der Waals surface area contributed by atoms with Crippen molar-refractivity contribution in [3.05, 3.63) is 61.9 Å². The Bertz CT molecular complexity index is 1390. The highest BCUT2D eigenvalue weighted by Crippen LogP contribution is 2.35. The highest BCUT2D eigenvalue weighted by atomic mass is 35.5. The average molecular weight is 520 g/mol. The number of rotatable bonds is 5. The van der Waals surface area contributed by atoms with Crippen molar-refractivity contribution in [1.29, 1.82) is 0 Å². The molecular weight excluding hydrogens is 501 g/mol. The maximum Gasteiger partial charge on any atom is 0.274 e. The number of imidazole rings is 1. The molecule has 1 saturated heterocycles. The van der Waals surface area contributed by atoms with Gasteiger partial charge in [0.1, 0.15) is 11.4 Å². The Hall–Kier alpha value is -2.46. The lowest BCUT2D eigenvalue weighted by Crippen LogP contribution is -2.56. The van der Waals surface area contributed by atoms with Crippen molar-refractivity contribution in [2.75, 3.05) is 13.1 Å². The molecule has 1 aliphatic rings. The number of thiazole rings is 2. The van der Waals surface area contributed by atoms with E-state index in [0.717, 1.165) is 26.8 Å². The molecule has 3 aromatic heterocycles. The molecule has 2 amide bonds. The molecule has 4 heterocycles. The summed E-state index contributed by atoms with van der Waals surface area (Å²) in [5.74, 6) is -0.342. The SMILES string of the molecule is Cc1nc(C(=O)N2CCC2CNC(=O)c2c(C)nc3sccn23)c(-c2ccc(Cl)c(Cl)c2)s1.